The average Bonchev–Trinajstić information content (AvgIpc) is 4.02. The molecule has 0 radical (unpaired) electrons. The molecule has 282 valence electrons. The van der Waals surface area contributed by atoms with E-state index < -0.39 is 5.41 Å². The summed E-state index contributed by atoms with van der Waals surface area (Å²) in [5.74, 6) is 0. The molecule has 0 aliphatic heterocycles. The third-order valence-electron chi connectivity index (χ3n) is 13.6. The molecule has 0 unspecified atom stereocenters. The van der Waals surface area contributed by atoms with Gasteiger partial charge in [0.25, 0.3) is 0 Å². The van der Waals surface area contributed by atoms with Gasteiger partial charge < -0.3 is 4.90 Å². The summed E-state index contributed by atoms with van der Waals surface area (Å²) < 4.78 is 41.9. The highest BCUT2D eigenvalue weighted by Gasteiger charge is 2.52. The van der Waals surface area contributed by atoms with Gasteiger partial charge in [-0.1, -0.05) is 178 Å². The number of benzene rings is 9. The van der Waals surface area contributed by atoms with E-state index in [2.05, 4.69) is 166 Å². The van der Waals surface area contributed by atoms with Crippen LogP contribution in [0.5, 0.6) is 0 Å². The quantitative estimate of drug-likeness (QED) is 0.172. The minimum absolute atomic E-state index is 0.0667. The lowest BCUT2D eigenvalue weighted by molar-refractivity contribution is 0.660. The molecule has 60 heavy (non-hydrogen) atoms. The van der Waals surface area contributed by atoms with Crippen LogP contribution in [0, 0.1) is 0 Å². The summed E-state index contributed by atoms with van der Waals surface area (Å²) in [7, 11) is 0. The van der Waals surface area contributed by atoms with Crippen molar-refractivity contribution in [3.05, 3.63) is 233 Å². The Labute approximate surface area is 360 Å². The summed E-state index contributed by atoms with van der Waals surface area (Å²) in [5.41, 5.74) is 16.0. The second kappa shape index (κ2) is 12.3. The number of nitrogens with zero attached hydrogens (tertiary/aromatic N) is 1. The molecule has 0 amide bonds. The lowest BCUT2D eigenvalue weighted by Crippen LogP contribution is -2.26. The first kappa shape index (κ1) is 30.1. The van der Waals surface area contributed by atoms with Crippen molar-refractivity contribution in [1.82, 2.24) is 0 Å². The third-order valence-corrected chi connectivity index (χ3v) is 14.8. The predicted molar refractivity (Wildman–Crippen MR) is 253 cm³/mol. The van der Waals surface area contributed by atoms with E-state index in [1.807, 2.05) is 29.2 Å². The molecule has 0 saturated carbocycles. The van der Waals surface area contributed by atoms with E-state index in [4.69, 9.17) is 0 Å². The number of rotatable bonds is 4. The van der Waals surface area contributed by atoms with Crippen molar-refractivity contribution in [3.8, 4) is 44.5 Å². The van der Waals surface area contributed by atoms with Crippen LogP contribution in [0.3, 0.4) is 0 Å². The van der Waals surface area contributed by atoms with Crippen LogP contribution in [0.25, 0.3) is 64.7 Å². The molecular formula is C58H39NS. The first-order chi connectivity index (χ1) is 31.2. The molecule has 1 spiro atoms. The van der Waals surface area contributed by atoms with E-state index in [9.17, 15) is 5.48 Å². The molecule has 0 atom stereocenters. The first-order valence-corrected chi connectivity index (χ1v) is 21.5. The highest BCUT2D eigenvalue weighted by Crippen LogP contribution is 2.65. The van der Waals surface area contributed by atoms with Gasteiger partial charge in [0, 0.05) is 42.5 Å². The van der Waals surface area contributed by atoms with Gasteiger partial charge in [0.15, 0.2) is 0 Å². The Kier molecular flexibility index (Phi) is 6.15. The Morgan fingerprint density at radius 2 is 0.967 bits per heavy atom. The molecule has 3 aliphatic rings. The van der Waals surface area contributed by atoms with Gasteiger partial charge in [0.2, 0.25) is 0 Å². The zero-order valence-corrected chi connectivity index (χ0v) is 33.9. The molecule has 3 aliphatic carbocycles. The van der Waals surface area contributed by atoms with Crippen LogP contribution in [0.2, 0.25) is 0 Å². The molecular weight excluding hydrogens is 743 g/mol. The van der Waals surface area contributed by atoms with Gasteiger partial charge >= 0.3 is 0 Å². The summed E-state index contributed by atoms with van der Waals surface area (Å²) in [4.78, 5) is 2.03. The fraction of sp³-hybridized carbons (Fsp3) is 0.0690. The van der Waals surface area contributed by atoms with E-state index in [0.29, 0.717) is 11.1 Å². The maximum atomic E-state index is 10.1. The summed E-state index contributed by atoms with van der Waals surface area (Å²) in [6.07, 6.45) is 0. The average molecular weight is 786 g/mol. The molecule has 0 N–H and O–H groups in total. The SMILES string of the molecule is [2H]c1c([2H])c(N(c2ccc3c(c2)C(C)(C)c2ccccc2-3)c2cccc3c2-c2ccccc2C32c3ccccc3-c3ccccc32)c([2H])c([2H])c1-c1cccc2c1sc1ccccc12. The van der Waals surface area contributed by atoms with Crippen molar-refractivity contribution < 1.29 is 5.48 Å². The van der Waals surface area contributed by atoms with Crippen LogP contribution in [-0.4, -0.2) is 0 Å². The van der Waals surface area contributed by atoms with Crippen molar-refractivity contribution in [2.24, 2.45) is 0 Å². The number of thiophene rings is 1. The Hall–Kier alpha value is -7.00. The van der Waals surface area contributed by atoms with Gasteiger partial charge in [0.05, 0.1) is 16.6 Å². The summed E-state index contributed by atoms with van der Waals surface area (Å²) in [5, 5.41) is 2.16. The minimum atomic E-state index is -0.607. The Morgan fingerprint density at radius 1 is 0.433 bits per heavy atom. The number of anilines is 3. The predicted octanol–water partition coefficient (Wildman–Crippen LogP) is 15.8. The largest absolute Gasteiger partial charge is 0.310 e. The van der Waals surface area contributed by atoms with Gasteiger partial charge in [-0.15, -0.1) is 11.3 Å². The summed E-state index contributed by atoms with van der Waals surface area (Å²) in [6.45, 7) is 4.53. The minimum Gasteiger partial charge on any atom is -0.310 e. The van der Waals surface area contributed by atoms with Crippen molar-refractivity contribution in [2.75, 3.05) is 4.90 Å². The van der Waals surface area contributed by atoms with Crippen molar-refractivity contribution in [2.45, 2.75) is 24.7 Å². The molecule has 0 fully saturated rings. The Balaban J connectivity index is 1.11. The summed E-state index contributed by atoms with van der Waals surface area (Å²) in [6, 6.07) is 61.7. The Morgan fingerprint density at radius 3 is 1.70 bits per heavy atom. The Bertz CT molecular complexity index is 3600. The van der Waals surface area contributed by atoms with Crippen molar-refractivity contribution in [3.63, 3.8) is 0 Å². The van der Waals surface area contributed by atoms with E-state index in [0.717, 1.165) is 59.4 Å². The van der Waals surface area contributed by atoms with Gasteiger partial charge in [-0.3, -0.25) is 0 Å². The monoisotopic (exact) mass is 785 g/mol. The van der Waals surface area contributed by atoms with Crippen molar-refractivity contribution >= 4 is 48.6 Å². The smallest absolute Gasteiger partial charge is 0.0726 e. The molecule has 1 aromatic heterocycles. The number of hydrogen-bond acceptors (Lipinski definition) is 2. The number of fused-ring (bicyclic) bond motifs is 16. The van der Waals surface area contributed by atoms with Gasteiger partial charge in [-0.2, -0.15) is 0 Å². The molecule has 13 rings (SSSR count). The van der Waals surface area contributed by atoms with Gasteiger partial charge in [0.1, 0.15) is 0 Å². The van der Waals surface area contributed by atoms with Crippen LogP contribution < -0.4 is 4.90 Å². The third kappa shape index (κ3) is 4.36. The zero-order chi connectivity index (χ0) is 43.2. The van der Waals surface area contributed by atoms with Gasteiger partial charge in [-0.05, 0) is 109 Å². The van der Waals surface area contributed by atoms with Crippen molar-refractivity contribution in [1.29, 1.82) is 0 Å². The van der Waals surface area contributed by atoms with E-state index in [1.54, 1.807) is 11.3 Å². The molecule has 0 bridgehead atoms. The van der Waals surface area contributed by atoms with Crippen LogP contribution in [0.15, 0.2) is 200 Å². The lowest BCUT2D eigenvalue weighted by Gasteiger charge is -2.32. The first-order valence-electron chi connectivity index (χ1n) is 22.7. The second-order valence-electron chi connectivity index (χ2n) is 16.8. The zero-order valence-electron chi connectivity index (χ0n) is 37.1. The molecule has 2 heteroatoms. The molecule has 0 saturated heterocycles. The van der Waals surface area contributed by atoms with E-state index >= 15 is 0 Å². The topological polar surface area (TPSA) is 3.24 Å². The maximum Gasteiger partial charge on any atom is 0.0726 e. The highest BCUT2D eigenvalue weighted by molar-refractivity contribution is 7.26. The normalized spacial score (nSPS) is 15.4. The maximum absolute atomic E-state index is 10.1. The van der Waals surface area contributed by atoms with Crippen LogP contribution in [0.4, 0.5) is 17.1 Å². The molecule has 1 heterocycles. The summed E-state index contributed by atoms with van der Waals surface area (Å²) >= 11 is 1.63. The fourth-order valence-corrected chi connectivity index (χ4v) is 12.2. The number of hydrogen-bond donors (Lipinski definition) is 0. The van der Waals surface area contributed by atoms with Crippen LogP contribution in [-0.2, 0) is 10.8 Å². The van der Waals surface area contributed by atoms with Gasteiger partial charge in [-0.25, -0.2) is 0 Å². The van der Waals surface area contributed by atoms with E-state index in [-0.39, 0.29) is 35.3 Å². The molecule has 9 aromatic carbocycles. The standard InChI is InChI=1S/C58H39NS/c1-57(2)47-22-8-3-15-40(47)43-34-33-38(35-52(43)57)59(37-31-29-36(30-32-37)39-20-13-21-45-44-18-7-12-28-54(44)60-56(39)45)53-27-14-26-51-55(53)46-19-6-11-25-50(46)58(51)48-23-9-4-16-41(48)42-17-5-10-24-49(42)58/h3-35H,1-2H3/i29D,30D,31D,32D. The second-order valence-corrected chi connectivity index (χ2v) is 17.9. The van der Waals surface area contributed by atoms with Crippen LogP contribution in [0.1, 0.15) is 52.7 Å². The van der Waals surface area contributed by atoms with Crippen LogP contribution >= 0.6 is 11.3 Å². The highest BCUT2D eigenvalue weighted by atomic mass is 32.1. The fourth-order valence-electron chi connectivity index (χ4n) is 11.0. The van der Waals surface area contributed by atoms with E-state index in [1.165, 1.54) is 38.9 Å². The molecule has 1 nitrogen and oxygen atoms in total. The lowest BCUT2D eigenvalue weighted by atomic mass is 9.70. The molecule has 10 aromatic rings.